The van der Waals surface area contributed by atoms with Gasteiger partial charge in [-0.2, -0.15) is 0 Å². The average Bonchev–Trinajstić information content (AvgIpc) is 3.31. The van der Waals surface area contributed by atoms with Gasteiger partial charge in [-0.15, -0.1) is 22.7 Å². The van der Waals surface area contributed by atoms with E-state index >= 15 is 0 Å². The molecule has 0 fully saturated rings. The van der Waals surface area contributed by atoms with Gasteiger partial charge < -0.3 is 5.32 Å². The van der Waals surface area contributed by atoms with Crippen LogP contribution in [0.25, 0.3) is 10.6 Å². The molecule has 6 nitrogen and oxygen atoms in total. The smallest absolute Gasteiger partial charge is 0.242 e. The molecule has 0 aliphatic carbocycles. The first-order chi connectivity index (χ1) is 13.8. The maximum Gasteiger partial charge on any atom is 0.242 e. The molecule has 0 atom stereocenters. The molecule has 0 aliphatic heterocycles. The number of halogens is 1. The van der Waals surface area contributed by atoms with Crippen LogP contribution in [0.4, 0.5) is 0 Å². The number of hydrogen-bond donors (Lipinski definition) is 2. The van der Waals surface area contributed by atoms with E-state index in [1.807, 2.05) is 24.4 Å². The number of benzene rings is 1. The van der Waals surface area contributed by atoms with Gasteiger partial charge in [0.2, 0.25) is 15.9 Å². The number of sulfonamides is 1. The minimum atomic E-state index is -3.74. The average molecular weight is 470 g/mol. The normalized spacial score (nSPS) is 11.5. The number of amides is 1. The van der Waals surface area contributed by atoms with Crippen LogP contribution >= 0.6 is 34.3 Å². The number of carbonyl (C=O) groups is 1. The molecule has 3 aromatic rings. The lowest BCUT2D eigenvalue weighted by atomic mass is 10.3. The summed E-state index contributed by atoms with van der Waals surface area (Å²) < 4.78 is 26.8. The Hall–Kier alpha value is -1.78. The summed E-state index contributed by atoms with van der Waals surface area (Å²) in [4.78, 5) is 18.7. The highest BCUT2D eigenvalue weighted by atomic mass is 35.5. The maximum absolute atomic E-state index is 12.2. The molecule has 2 aromatic heterocycles. The number of carbonyl (C=O) groups excluding carboxylic acids is 1. The molecule has 0 bridgehead atoms. The monoisotopic (exact) mass is 469 g/mol. The molecule has 0 aliphatic rings. The highest BCUT2D eigenvalue weighted by Crippen LogP contribution is 2.29. The Kier molecular flexibility index (Phi) is 7.42. The Morgan fingerprint density at radius 2 is 1.97 bits per heavy atom. The summed E-state index contributed by atoms with van der Waals surface area (Å²) in [6.45, 7) is 2.48. The van der Waals surface area contributed by atoms with E-state index < -0.39 is 10.0 Å². The van der Waals surface area contributed by atoms with Gasteiger partial charge in [-0.05, 0) is 37.6 Å². The fourth-order valence-corrected chi connectivity index (χ4v) is 5.78. The Bertz CT molecular complexity index is 1090. The zero-order chi connectivity index (χ0) is 20.9. The number of aryl methyl sites for hydroxylation is 1. The van der Waals surface area contributed by atoms with Crippen molar-refractivity contribution in [2.75, 3.05) is 13.1 Å². The van der Waals surface area contributed by atoms with E-state index in [0.717, 1.165) is 20.5 Å². The van der Waals surface area contributed by atoms with Gasteiger partial charge in [0.15, 0.2) is 0 Å². The van der Waals surface area contributed by atoms with Crippen molar-refractivity contribution in [1.82, 2.24) is 15.0 Å². The SMILES string of the molecule is Cc1nc(-c2ccc(CCNC(=O)CCNS(=O)(=O)c3ccccc3Cl)s2)cs1. The van der Waals surface area contributed by atoms with E-state index in [4.69, 9.17) is 11.6 Å². The fourth-order valence-electron chi connectivity index (χ4n) is 2.58. The van der Waals surface area contributed by atoms with Crippen molar-refractivity contribution < 1.29 is 13.2 Å². The highest BCUT2D eigenvalue weighted by Gasteiger charge is 2.17. The lowest BCUT2D eigenvalue weighted by molar-refractivity contribution is -0.120. The third kappa shape index (κ3) is 6.10. The summed E-state index contributed by atoms with van der Waals surface area (Å²) in [5, 5.41) is 6.03. The Balaban J connectivity index is 1.40. The molecule has 154 valence electrons. The van der Waals surface area contributed by atoms with Gasteiger partial charge in [-0.3, -0.25) is 4.79 Å². The first-order valence-electron chi connectivity index (χ1n) is 8.87. The summed E-state index contributed by atoms with van der Waals surface area (Å²) in [6.07, 6.45) is 0.766. The van der Waals surface area contributed by atoms with Gasteiger partial charge in [0, 0.05) is 29.8 Å². The van der Waals surface area contributed by atoms with E-state index in [1.54, 1.807) is 34.8 Å². The van der Waals surface area contributed by atoms with Crippen molar-refractivity contribution in [3.63, 3.8) is 0 Å². The van der Waals surface area contributed by atoms with Crippen LogP contribution < -0.4 is 10.0 Å². The van der Waals surface area contributed by atoms with Crippen molar-refractivity contribution >= 4 is 50.2 Å². The molecule has 10 heteroatoms. The van der Waals surface area contributed by atoms with Crippen molar-refractivity contribution in [3.8, 4) is 10.6 Å². The number of hydrogen-bond acceptors (Lipinski definition) is 6. The molecule has 2 N–H and O–H groups in total. The Labute approximate surface area is 183 Å². The number of rotatable bonds is 9. The van der Waals surface area contributed by atoms with E-state index in [1.165, 1.54) is 12.1 Å². The van der Waals surface area contributed by atoms with Crippen LogP contribution in [0.3, 0.4) is 0 Å². The number of thiophene rings is 1. The van der Waals surface area contributed by atoms with Gasteiger partial charge in [-0.25, -0.2) is 18.1 Å². The summed E-state index contributed by atoms with van der Waals surface area (Å²) in [5.74, 6) is -0.209. The Morgan fingerprint density at radius 3 is 2.69 bits per heavy atom. The van der Waals surface area contributed by atoms with Crippen LogP contribution in [0.15, 0.2) is 46.7 Å². The quantitative estimate of drug-likeness (QED) is 0.498. The predicted molar refractivity (Wildman–Crippen MR) is 118 cm³/mol. The third-order valence-corrected chi connectivity index (χ3v) is 7.90. The molecule has 1 aromatic carbocycles. The fraction of sp³-hybridized carbons (Fsp3) is 0.263. The molecule has 0 unspecified atom stereocenters. The predicted octanol–water partition coefficient (Wildman–Crippen LogP) is 3.86. The molecule has 0 radical (unpaired) electrons. The standard InChI is InChI=1S/C19H20ClN3O3S3/c1-13-23-16(12-27-13)17-7-6-14(28-17)8-10-21-19(24)9-11-22-29(25,26)18-5-3-2-4-15(18)20/h2-7,12,22H,8-11H2,1H3,(H,21,24). The number of thiazole rings is 1. The lowest BCUT2D eigenvalue weighted by Crippen LogP contribution is -2.31. The summed E-state index contributed by atoms with van der Waals surface area (Å²) in [6, 6.07) is 10.3. The second-order valence-electron chi connectivity index (χ2n) is 6.20. The highest BCUT2D eigenvalue weighted by molar-refractivity contribution is 7.89. The zero-order valence-corrected chi connectivity index (χ0v) is 18.8. The molecule has 0 saturated carbocycles. The van der Waals surface area contributed by atoms with Gasteiger partial charge in [0.05, 0.1) is 20.6 Å². The minimum absolute atomic E-state index is 0.00544. The first-order valence-corrected chi connectivity index (χ1v) is 12.4. The number of aromatic nitrogens is 1. The second-order valence-corrected chi connectivity index (χ2v) is 10.6. The van der Waals surface area contributed by atoms with Crippen LogP contribution in [-0.2, 0) is 21.2 Å². The van der Waals surface area contributed by atoms with E-state index in [2.05, 4.69) is 15.0 Å². The number of nitrogens with one attached hydrogen (secondary N) is 2. The molecular formula is C19H20ClN3O3S3. The lowest BCUT2D eigenvalue weighted by Gasteiger charge is -2.08. The molecule has 0 saturated heterocycles. The maximum atomic E-state index is 12.2. The zero-order valence-electron chi connectivity index (χ0n) is 15.6. The van der Waals surface area contributed by atoms with Crippen LogP contribution in [0.2, 0.25) is 5.02 Å². The first kappa shape index (κ1) is 21.9. The largest absolute Gasteiger partial charge is 0.356 e. The van der Waals surface area contributed by atoms with E-state index in [9.17, 15) is 13.2 Å². The Morgan fingerprint density at radius 1 is 1.17 bits per heavy atom. The van der Waals surface area contributed by atoms with Crippen LogP contribution in [-0.4, -0.2) is 32.4 Å². The summed E-state index contributed by atoms with van der Waals surface area (Å²) in [7, 11) is -3.74. The molecular weight excluding hydrogens is 450 g/mol. The van der Waals surface area contributed by atoms with Crippen molar-refractivity contribution in [2.45, 2.75) is 24.7 Å². The van der Waals surface area contributed by atoms with Crippen molar-refractivity contribution in [2.24, 2.45) is 0 Å². The van der Waals surface area contributed by atoms with E-state index in [-0.39, 0.29) is 28.8 Å². The molecule has 0 spiro atoms. The van der Waals surface area contributed by atoms with Gasteiger partial charge in [0.25, 0.3) is 0 Å². The van der Waals surface area contributed by atoms with E-state index in [0.29, 0.717) is 13.0 Å². The molecule has 2 heterocycles. The third-order valence-electron chi connectivity index (χ3n) is 4.00. The number of nitrogens with zero attached hydrogens (tertiary/aromatic N) is 1. The molecule has 1 amide bonds. The van der Waals surface area contributed by atoms with Crippen LogP contribution in [0.1, 0.15) is 16.3 Å². The summed E-state index contributed by atoms with van der Waals surface area (Å²) in [5.41, 5.74) is 0.985. The van der Waals surface area contributed by atoms with Crippen molar-refractivity contribution in [1.29, 1.82) is 0 Å². The molecule has 29 heavy (non-hydrogen) atoms. The van der Waals surface area contributed by atoms with Gasteiger partial charge in [0.1, 0.15) is 4.90 Å². The van der Waals surface area contributed by atoms with Gasteiger partial charge in [-0.1, -0.05) is 23.7 Å². The molecule has 3 rings (SSSR count). The van der Waals surface area contributed by atoms with Crippen molar-refractivity contribution in [3.05, 3.63) is 56.7 Å². The second kappa shape index (κ2) is 9.82. The van der Waals surface area contributed by atoms with Crippen LogP contribution in [0, 0.1) is 6.92 Å². The summed E-state index contributed by atoms with van der Waals surface area (Å²) >= 11 is 9.20. The van der Waals surface area contributed by atoms with Crippen LogP contribution in [0.5, 0.6) is 0 Å². The van der Waals surface area contributed by atoms with Gasteiger partial charge >= 0.3 is 0 Å². The topological polar surface area (TPSA) is 88.2 Å². The minimum Gasteiger partial charge on any atom is -0.356 e.